The van der Waals surface area contributed by atoms with E-state index in [9.17, 15) is 23.8 Å². The van der Waals surface area contributed by atoms with Crippen LogP contribution in [0.15, 0.2) is 0 Å². The van der Waals surface area contributed by atoms with Crippen molar-refractivity contribution in [1.29, 1.82) is 0 Å². The zero-order valence-corrected chi connectivity index (χ0v) is 8.57. The molecule has 88 valence electrons. The molecule has 0 unspecified atom stereocenters. The van der Waals surface area contributed by atoms with Crippen LogP contribution in [-0.4, -0.2) is 34.6 Å². The van der Waals surface area contributed by atoms with E-state index in [-0.39, 0.29) is 24.5 Å². The summed E-state index contributed by atoms with van der Waals surface area (Å²) in [5.41, 5.74) is 0. The summed E-state index contributed by atoms with van der Waals surface area (Å²) >= 11 is 0. The third kappa shape index (κ3) is 2.95. The molecule has 0 bridgehead atoms. The molecular weight excluding hydrogens is 206 g/mol. The van der Waals surface area contributed by atoms with E-state index in [1.54, 1.807) is 0 Å². The standard InChI is InChI=1S/C10H16F2O3/c1-5(13)4-6-2-3-7(10(11)12)9(15)8(6)14/h6-10,14-15H,2-4H2,1H3/t6-,7+,8-,9-/m1/s1. The lowest BCUT2D eigenvalue weighted by Gasteiger charge is -2.36. The Bertz CT molecular complexity index is 233. The summed E-state index contributed by atoms with van der Waals surface area (Å²) in [6.45, 7) is 1.39. The van der Waals surface area contributed by atoms with Gasteiger partial charge in [0.1, 0.15) is 5.78 Å². The van der Waals surface area contributed by atoms with E-state index < -0.39 is 24.6 Å². The zero-order valence-electron chi connectivity index (χ0n) is 8.57. The van der Waals surface area contributed by atoms with E-state index in [2.05, 4.69) is 0 Å². The summed E-state index contributed by atoms with van der Waals surface area (Å²) in [6, 6.07) is 0. The molecule has 1 aliphatic carbocycles. The molecule has 0 spiro atoms. The minimum Gasteiger partial charge on any atom is -0.390 e. The Labute approximate surface area is 87.1 Å². The Morgan fingerprint density at radius 3 is 2.40 bits per heavy atom. The van der Waals surface area contributed by atoms with Crippen LogP contribution in [-0.2, 0) is 4.79 Å². The van der Waals surface area contributed by atoms with Crippen molar-refractivity contribution in [3.05, 3.63) is 0 Å². The van der Waals surface area contributed by atoms with Gasteiger partial charge in [-0.15, -0.1) is 0 Å². The van der Waals surface area contributed by atoms with Gasteiger partial charge >= 0.3 is 0 Å². The largest absolute Gasteiger partial charge is 0.390 e. The zero-order chi connectivity index (χ0) is 11.6. The van der Waals surface area contributed by atoms with Gasteiger partial charge in [0.2, 0.25) is 6.43 Å². The van der Waals surface area contributed by atoms with Crippen LogP contribution in [0.5, 0.6) is 0 Å². The summed E-state index contributed by atoms with van der Waals surface area (Å²) in [6.07, 6.45) is -4.56. The van der Waals surface area contributed by atoms with Crippen LogP contribution < -0.4 is 0 Å². The van der Waals surface area contributed by atoms with Gasteiger partial charge in [0.25, 0.3) is 0 Å². The van der Waals surface area contributed by atoms with Crippen molar-refractivity contribution in [1.82, 2.24) is 0 Å². The molecule has 1 saturated carbocycles. The number of hydrogen-bond donors (Lipinski definition) is 2. The minimum absolute atomic E-state index is 0.0956. The summed E-state index contributed by atoms with van der Waals surface area (Å²) in [7, 11) is 0. The quantitative estimate of drug-likeness (QED) is 0.748. The smallest absolute Gasteiger partial charge is 0.244 e. The lowest BCUT2D eigenvalue weighted by atomic mass is 9.76. The van der Waals surface area contributed by atoms with E-state index in [4.69, 9.17) is 0 Å². The van der Waals surface area contributed by atoms with Crippen molar-refractivity contribution in [2.24, 2.45) is 11.8 Å². The fourth-order valence-corrected chi connectivity index (χ4v) is 2.15. The molecule has 0 aromatic rings. The summed E-state index contributed by atoms with van der Waals surface area (Å²) < 4.78 is 24.8. The highest BCUT2D eigenvalue weighted by Crippen LogP contribution is 2.34. The van der Waals surface area contributed by atoms with Crippen molar-refractivity contribution in [3.63, 3.8) is 0 Å². The Hall–Kier alpha value is -0.550. The molecule has 15 heavy (non-hydrogen) atoms. The van der Waals surface area contributed by atoms with Gasteiger partial charge in [-0.3, -0.25) is 0 Å². The van der Waals surface area contributed by atoms with Gasteiger partial charge in [-0.2, -0.15) is 0 Å². The molecule has 2 N–H and O–H groups in total. The van der Waals surface area contributed by atoms with E-state index in [0.29, 0.717) is 6.42 Å². The van der Waals surface area contributed by atoms with Crippen LogP contribution in [0, 0.1) is 11.8 Å². The van der Waals surface area contributed by atoms with Crippen LogP contribution >= 0.6 is 0 Å². The molecule has 3 nitrogen and oxygen atoms in total. The maximum absolute atomic E-state index is 12.4. The summed E-state index contributed by atoms with van der Waals surface area (Å²) in [5.74, 6) is -1.64. The molecule has 0 heterocycles. The molecule has 4 atom stereocenters. The predicted octanol–water partition coefficient (Wildman–Crippen LogP) is 0.979. The van der Waals surface area contributed by atoms with Gasteiger partial charge in [0, 0.05) is 12.3 Å². The molecule has 0 aliphatic heterocycles. The molecule has 0 saturated heterocycles. The molecule has 0 radical (unpaired) electrons. The Kier molecular flexibility index (Phi) is 4.16. The molecular formula is C10H16F2O3. The third-order valence-corrected chi connectivity index (χ3v) is 3.02. The first-order chi connectivity index (χ1) is 6.93. The van der Waals surface area contributed by atoms with Crippen molar-refractivity contribution >= 4 is 5.78 Å². The third-order valence-electron chi connectivity index (χ3n) is 3.02. The lowest BCUT2D eigenvalue weighted by Crippen LogP contribution is -2.46. The van der Waals surface area contributed by atoms with Crippen molar-refractivity contribution in [2.75, 3.05) is 0 Å². The van der Waals surface area contributed by atoms with Crippen LogP contribution in [0.2, 0.25) is 0 Å². The Morgan fingerprint density at radius 1 is 1.33 bits per heavy atom. The van der Waals surface area contributed by atoms with E-state index in [1.165, 1.54) is 6.92 Å². The van der Waals surface area contributed by atoms with Gasteiger partial charge in [-0.25, -0.2) is 8.78 Å². The number of aliphatic hydroxyl groups is 2. The maximum Gasteiger partial charge on any atom is 0.244 e. The number of hydrogen-bond acceptors (Lipinski definition) is 3. The van der Waals surface area contributed by atoms with E-state index >= 15 is 0 Å². The number of rotatable bonds is 3. The van der Waals surface area contributed by atoms with Crippen LogP contribution in [0.1, 0.15) is 26.2 Å². The Balaban J connectivity index is 2.60. The summed E-state index contributed by atoms with van der Waals surface area (Å²) in [4.78, 5) is 10.8. The first kappa shape index (κ1) is 12.5. The SMILES string of the molecule is CC(=O)C[C@H]1CC[C@H](C(F)F)[C@@H](O)[C@@H]1O. The molecule has 1 aliphatic rings. The summed E-state index contributed by atoms with van der Waals surface area (Å²) in [5, 5.41) is 19.0. The topological polar surface area (TPSA) is 57.5 Å². The first-order valence-electron chi connectivity index (χ1n) is 5.07. The monoisotopic (exact) mass is 222 g/mol. The van der Waals surface area contributed by atoms with E-state index in [0.717, 1.165) is 0 Å². The van der Waals surface area contributed by atoms with Crippen molar-refractivity contribution in [3.8, 4) is 0 Å². The second-order valence-electron chi connectivity index (χ2n) is 4.22. The highest BCUT2D eigenvalue weighted by molar-refractivity contribution is 5.75. The van der Waals surface area contributed by atoms with Crippen molar-refractivity contribution in [2.45, 2.75) is 44.8 Å². The molecule has 0 aromatic carbocycles. The Morgan fingerprint density at radius 2 is 1.93 bits per heavy atom. The number of halogens is 2. The molecule has 1 rings (SSSR count). The van der Waals surface area contributed by atoms with E-state index in [1.807, 2.05) is 0 Å². The van der Waals surface area contributed by atoms with Crippen LogP contribution in [0.4, 0.5) is 8.78 Å². The number of aliphatic hydroxyl groups excluding tert-OH is 2. The second kappa shape index (κ2) is 4.99. The number of alkyl halides is 2. The van der Waals surface area contributed by atoms with Crippen molar-refractivity contribution < 1.29 is 23.8 Å². The predicted molar refractivity (Wildman–Crippen MR) is 49.5 cm³/mol. The molecule has 0 amide bonds. The van der Waals surface area contributed by atoms with Crippen LogP contribution in [0.3, 0.4) is 0 Å². The van der Waals surface area contributed by atoms with Gasteiger partial charge < -0.3 is 15.0 Å². The lowest BCUT2D eigenvalue weighted by molar-refractivity contribution is -0.130. The normalized spacial score (nSPS) is 36.9. The number of Topliss-reactive ketones (excluding diaryl/α,β-unsaturated/α-hetero) is 1. The molecule has 0 aromatic heterocycles. The minimum atomic E-state index is -2.62. The molecule has 1 fully saturated rings. The highest BCUT2D eigenvalue weighted by Gasteiger charge is 2.41. The fourth-order valence-electron chi connectivity index (χ4n) is 2.15. The molecule has 5 heteroatoms. The van der Waals surface area contributed by atoms with Crippen LogP contribution in [0.25, 0.3) is 0 Å². The van der Waals surface area contributed by atoms with Gasteiger partial charge in [0.05, 0.1) is 12.2 Å². The second-order valence-corrected chi connectivity index (χ2v) is 4.22. The van der Waals surface area contributed by atoms with Gasteiger partial charge in [-0.05, 0) is 25.7 Å². The average molecular weight is 222 g/mol. The van der Waals surface area contributed by atoms with Gasteiger partial charge in [0.15, 0.2) is 0 Å². The number of ketones is 1. The average Bonchev–Trinajstić information content (AvgIpc) is 2.12. The number of carbonyl (C=O) groups is 1. The highest BCUT2D eigenvalue weighted by atomic mass is 19.3. The number of carbonyl (C=O) groups excluding carboxylic acids is 1. The first-order valence-corrected chi connectivity index (χ1v) is 5.07. The fraction of sp³-hybridized carbons (Fsp3) is 0.900. The van der Waals surface area contributed by atoms with Gasteiger partial charge in [-0.1, -0.05) is 0 Å². The maximum atomic E-state index is 12.4.